The van der Waals surface area contributed by atoms with Crippen molar-refractivity contribution in [3.63, 3.8) is 0 Å². The summed E-state index contributed by atoms with van der Waals surface area (Å²) < 4.78 is 2.32. The molecule has 9 nitrogen and oxygen atoms in total. The molecule has 1 aromatic heterocycles. The van der Waals surface area contributed by atoms with Gasteiger partial charge >= 0.3 is 5.69 Å². The smallest absolute Gasteiger partial charge is 0.331 e. The number of hydrogen-bond acceptors (Lipinski definition) is 6. The minimum Gasteiger partial charge on any atom is -0.393 e. The zero-order valence-corrected chi connectivity index (χ0v) is 23.3. The average molecular weight is 525 g/mol. The van der Waals surface area contributed by atoms with Crippen LogP contribution in [-0.2, 0) is 22.7 Å². The largest absolute Gasteiger partial charge is 0.393 e. The number of nitrogens with zero attached hydrogens (tertiary/aromatic N) is 3. The molecule has 1 aromatic carbocycles. The van der Waals surface area contributed by atoms with E-state index in [1.54, 1.807) is 27.7 Å². The highest BCUT2D eigenvalue weighted by Gasteiger charge is 2.24. The van der Waals surface area contributed by atoms with Gasteiger partial charge in [-0.2, -0.15) is 0 Å². The first-order valence-electron chi connectivity index (χ1n) is 13.5. The fourth-order valence-corrected chi connectivity index (χ4v) is 4.72. The van der Waals surface area contributed by atoms with Crippen LogP contribution in [0.3, 0.4) is 0 Å². The Morgan fingerprint density at radius 1 is 1.05 bits per heavy atom. The van der Waals surface area contributed by atoms with E-state index < -0.39 is 17.3 Å². The average Bonchev–Trinajstić information content (AvgIpc) is 3.41. The Bertz CT molecular complexity index is 1300. The number of Topliss-reactive ketones (excluding diaryl/α,β-unsaturated/α-hetero) is 1. The van der Waals surface area contributed by atoms with Crippen molar-refractivity contribution in [3.05, 3.63) is 68.0 Å². The first-order chi connectivity index (χ1) is 18.0. The molecule has 1 heterocycles. The molecular formula is C29H40N4O5. The Kier molecular flexibility index (Phi) is 9.83. The number of oxime groups is 1. The molecule has 1 N–H and O–H groups in total. The first-order valence-corrected chi connectivity index (χ1v) is 13.5. The van der Waals surface area contributed by atoms with Crippen LogP contribution in [0, 0.1) is 5.92 Å². The van der Waals surface area contributed by atoms with Crippen molar-refractivity contribution >= 4 is 17.4 Å². The van der Waals surface area contributed by atoms with Crippen molar-refractivity contribution in [2.24, 2.45) is 11.1 Å². The van der Waals surface area contributed by atoms with Crippen LogP contribution < -0.4 is 16.6 Å². The van der Waals surface area contributed by atoms with E-state index in [1.165, 1.54) is 10.8 Å². The summed E-state index contributed by atoms with van der Waals surface area (Å²) in [6.07, 6.45) is 5.57. The van der Waals surface area contributed by atoms with Gasteiger partial charge in [-0.15, -0.1) is 0 Å². The highest BCUT2D eigenvalue weighted by atomic mass is 16.6. The maximum Gasteiger partial charge on any atom is 0.331 e. The summed E-state index contributed by atoms with van der Waals surface area (Å²) in [5.74, 6) is -0.273. The molecule has 0 saturated heterocycles. The summed E-state index contributed by atoms with van der Waals surface area (Å²) in [7, 11) is 0. The van der Waals surface area contributed by atoms with Gasteiger partial charge in [0.15, 0.2) is 5.78 Å². The second-order valence-corrected chi connectivity index (χ2v) is 10.8. The minimum absolute atomic E-state index is 0.0465. The molecule has 38 heavy (non-hydrogen) atoms. The van der Waals surface area contributed by atoms with Crippen LogP contribution in [0.25, 0.3) is 0 Å². The summed E-state index contributed by atoms with van der Waals surface area (Å²) in [4.78, 5) is 57.9. The maximum absolute atomic E-state index is 13.5. The topological polar surface area (TPSA) is 112 Å². The molecule has 1 fully saturated rings. The van der Waals surface area contributed by atoms with Gasteiger partial charge in [-0.25, -0.2) is 4.79 Å². The summed E-state index contributed by atoms with van der Waals surface area (Å²) in [6, 6.07) is 7.10. The molecule has 206 valence electrons. The quantitative estimate of drug-likeness (QED) is 0.273. The van der Waals surface area contributed by atoms with Gasteiger partial charge in [0.1, 0.15) is 6.10 Å². The van der Waals surface area contributed by atoms with Gasteiger partial charge in [0.05, 0.1) is 24.4 Å². The molecule has 9 heteroatoms. The van der Waals surface area contributed by atoms with E-state index >= 15 is 0 Å². The van der Waals surface area contributed by atoms with E-state index in [0.717, 1.165) is 35.8 Å². The lowest BCUT2D eigenvalue weighted by Gasteiger charge is -2.19. The Morgan fingerprint density at radius 2 is 1.71 bits per heavy atom. The van der Waals surface area contributed by atoms with E-state index in [-0.39, 0.29) is 42.4 Å². The zero-order chi connectivity index (χ0) is 28.0. The number of carbonyl (C=O) groups is 2. The molecule has 1 saturated carbocycles. The van der Waals surface area contributed by atoms with Crippen LogP contribution in [0.1, 0.15) is 94.6 Å². The van der Waals surface area contributed by atoms with E-state index in [4.69, 9.17) is 4.84 Å². The molecule has 0 spiro atoms. The molecule has 0 bridgehead atoms. The Balaban J connectivity index is 2.02. The van der Waals surface area contributed by atoms with Gasteiger partial charge in [-0.3, -0.25) is 23.5 Å². The monoisotopic (exact) mass is 524 g/mol. The fourth-order valence-electron chi connectivity index (χ4n) is 4.72. The lowest BCUT2D eigenvalue weighted by molar-refractivity contribution is -0.124. The third-order valence-electron chi connectivity index (χ3n) is 6.77. The number of nitrogens with one attached hydrogen (secondary N) is 1. The summed E-state index contributed by atoms with van der Waals surface area (Å²) in [6.45, 7) is 10.3. The zero-order valence-electron chi connectivity index (χ0n) is 23.3. The molecular weight excluding hydrogens is 484 g/mol. The number of aromatic nitrogens is 2. The summed E-state index contributed by atoms with van der Waals surface area (Å²) >= 11 is 0. The number of rotatable bonds is 11. The lowest BCUT2D eigenvalue weighted by Crippen LogP contribution is -2.48. The number of hydrogen-bond donors (Lipinski definition) is 1. The highest BCUT2D eigenvalue weighted by Crippen LogP contribution is 2.35. The van der Waals surface area contributed by atoms with Crippen LogP contribution in [0.15, 0.2) is 45.2 Å². The number of ketones is 1. The number of amides is 1. The van der Waals surface area contributed by atoms with Gasteiger partial charge < -0.3 is 10.2 Å². The summed E-state index contributed by atoms with van der Waals surface area (Å²) in [5, 5.41) is 6.88. The second kappa shape index (κ2) is 12.8. The Morgan fingerprint density at radius 3 is 2.34 bits per heavy atom. The predicted octanol–water partition coefficient (Wildman–Crippen LogP) is 3.86. The Labute approximate surface area is 223 Å². The lowest BCUT2D eigenvalue weighted by atomic mass is 9.91. The van der Waals surface area contributed by atoms with Gasteiger partial charge in [-0.05, 0) is 52.0 Å². The van der Waals surface area contributed by atoms with Crippen molar-refractivity contribution in [1.82, 2.24) is 14.5 Å². The standard InChI is InChI=1S/C29H40N4O5/c1-18(2)27(35)30-20(5)15-33-28(36)25(21(6)31-38-19(3)4)16-32(29(33)37)17-26(34)24-14-10-9-13-23(24)22-11-7-8-12-22/h9-10,13-14,16,18-20,22H,7-8,11-12,15,17H2,1-6H3,(H,30,35)/b31-21+/t20-/m0/s1. The molecule has 0 aliphatic heterocycles. The van der Waals surface area contributed by atoms with E-state index in [0.29, 0.717) is 17.2 Å². The third kappa shape index (κ3) is 7.08. The Hall–Kier alpha value is -3.49. The molecule has 3 rings (SSSR count). The maximum atomic E-state index is 13.5. The van der Waals surface area contributed by atoms with Gasteiger partial charge in [0, 0.05) is 23.7 Å². The summed E-state index contributed by atoms with van der Waals surface area (Å²) in [5.41, 5.74) is 0.910. The molecule has 0 radical (unpaired) electrons. The molecule has 1 atom stereocenters. The van der Waals surface area contributed by atoms with E-state index in [1.807, 2.05) is 38.1 Å². The normalized spacial score (nSPS) is 15.2. The second-order valence-electron chi connectivity index (χ2n) is 10.8. The fraction of sp³-hybridized carbons (Fsp3) is 0.552. The van der Waals surface area contributed by atoms with Crippen LogP contribution in [-0.4, -0.2) is 38.7 Å². The van der Waals surface area contributed by atoms with Crippen molar-refractivity contribution < 1.29 is 14.4 Å². The van der Waals surface area contributed by atoms with Crippen LogP contribution in [0.4, 0.5) is 0 Å². The molecule has 1 aliphatic rings. The van der Waals surface area contributed by atoms with Gasteiger partial charge in [0.25, 0.3) is 5.56 Å². The van der Waals surface area contributed by atoms with Gasteiger partial charge in [0.2, 0.25) is 5.91 Å². The third-order valence-corrected chi connectivity index (χ3v) is 6.77. The minimum atomic E-state index is -0.617. The van der Waals surface area contributed by atoms with Crippen LogP contribution in [0.5, 0.6) is 0 Å². The molecule has 1 aliphatic carbocycles. The van der Waals surface area contributed by atoms with Crippen molar-refractivity contribution in [2.45, 2.75) is 98.4 Å². The van der Waals surface area contributed by atoms with Crippen LogP contribution >= 0.6 is 0 Å². The molecule has 2 aromatic rings. The van der Waals surface area contributed by atoms with E-state index in [9.17, 15) is 19.2 Å². The number of benzene rings is 1. The SMILES string of the molecule is C/C(=N\OC(C)C)c1cn(CC(=O)c2ccccc2C2CCCC2)c(=O)n(C[C@H](C)NC(=O)C(C)C)c1=O. The highest BCUT2D eigenvalue weighted by molar-refractivity contribution is 5.99. The van der Waals surface area contributed by atoms with Crippen molar-refractivity contribution in [1.29, 1.82) is 0 Å². The first kappa shape index (κ1) is 29.1. The molecule has 0 unspecified atom stereocenters. The van der Waals surface area contributed by atoms with Crippen molar-refractivity contribution in [3.8, 4) is 0 Å². The van der Waals surface area contributed by atoms with E-state index in [2.05, 4.69) is 10.5 Å². The van der Waals surface area contributed by atoms with Crippen molar-refractivity contribution in [2.75, 3.05) is 0 Å². The number of carbonyl (C=O) groups excluding carboxylic acids is 2. The van der Waals surface area contributed by atoms with Crippen LogP contribution in [0.2, 0.25) is 0 Å². The molecule has 1 amide bonds. The van der Waals surface area contributed by atoms with Gasteiger partial charge in [-0.1, -0.05) is 56.1 Å². The predicted molar refractivity (Wildman–Crippen MR) is 148 cm³/mol.